The van der Waals surface area contributed by atoms with Gasteiger partial charge in [0.25, 0.3) is 0 Å². The molecule has 0 saturated heterocycles. The summed E-state index contributed by atoms with van der Waals surface area (Å²) in [5.74, 6) is 0. The monoisotopic (exact) mass is 277 g/mol. The van der Waals surface area contributed by atoms with E-state index in [4.69, 9.17) is 11.6 Å². The smallest absolute Gasteiger partial charge is 0.235 e. The van der Waals surface area contributed by atoms with Crippen LogP contribution in [-0.4, -0.2) is 14.5 Å². The molecule has 0 unspecified atom stereocenters. The summed E-state index contributed by atoms with van der Waals surface area (Å²) in [6, 6.07) is 5.29. The van der Waals surface area contributed by atoms with E-state index in [1.54, 1.807) is 30.9 Å². The van der Waals surface area contributed by atoms with E-state index in [9.17, 15) is 4.79 Å². The third-order valence-electron chi connectivity index (χ3n) is 2.57. The van der Waals surface area contributed by atoms with Gasteiger partial charge in [0.1, 0.15) is 5.15 Å². The molecule has 1 aromatic rings. The van der Waals surface area contributed by atoms with Crippen LogP contribution >= 0.6 is 22.9 Å². The molecule has 0 atom stereocenters. The highest BCUT2D eigenvalue weighted by molar-refractivity contribution is 7.13. The van der Waals surface area contributed by atoms with Crippen LogP contribution in [0.3, 0.4) is 0 Å². The van der Waals surface area contributed by atoms with Gasteiger partial charge in [0, 0.05) is 18.5 Å². The van der Waals surface area contributed by atoms with E-state index in [1.165, 1.54) is 11.3 Å². The number of halogens is 1. The number of fused-ring (bicyclic) bond motifs is 1. The number of aromatic nitrogens is 3. The van der Waals surface area contributed by atoms with Crippen molar-refractivity contribution in [3.05, 3.63) is 57.2 Å². The lowest BCUT2D eigenvalue weighted by Crippen LogP contribution is -2.04. The fraction of sp³-hybridized carbons (Fsp3) is 0.0833. The third-order valence-corrected chi connectivity index (χ3v) is 3.64. The maximum absolute atomic E-state index is 11.4. The Morgan fingerprint density at radius 2 is 2.22 bits per heavy atom. The highest BCUT2D eigenvalue weighted by atomic mass is 35.5. The molecule has 2 aliphatic heterocycles. The first kappa shape index (κ1) is 11.4. The highest BCUT2D eigenvalue weighted by Crippen LogP contribution is 2.23. The van der Waals surface area contributed by atoms with Crippen LogP contribution in [0.5, 0.6) is 0 Å². The van der Waals surface area contributed by atoms with Crippen LogP contribution in [0.2, 0.25) is 5.15 Å². The fourth-order valence-corrected chi connectivity index (χ4v) is 2.65. The van der Waals surface area contributed by atoms with Gasteiger partial charge in [0.2, 0.25) is 4.74 Å². The Morgan fingerprint density at radius 3 is 3.00 bits per heavy atom. The van der Waals surface area contributed by atoms with Gasteiger partial charge < -0.3 is 4.57 Å². The molecule has 90 valence electrons. The molecule has 0 radical (unpaired) electrons. The van der Waals surface area contributed by atoms with Gasteiger partial charge in [-0.2, -0.15) is 0 Å². The van der Waals surface area contributed by atoms with Crippen molar-refractivity contribution in [1.82, 2.24) is 14.5 Å². The predicted octanol–water partition coefficient (Wildman–Crippen LogP) is 2.51. The second-order valence-corrected chi connectivity index (χ2v) is 5.26. The normalized spacial score (nSPS) is 10.9. The first-order valence-electron chi connectivity index (χ1n) is 5.27. The van der Waals surface area contributed by atoms with E-state index >= 15 is 0 Å². The molecular weight excluding hydrogens is 270 g/mol. The van der Waals surface area contributed by atoms with Crippen LogP contribution in [0.25, 0.3) is 10.6 Å². The average Bonchev–Trinajstić information content (AvgIpc) is 2.73. The van der Waals surface area contributed by atoms with Gasteiger partial charge in [-0.1, -0.05) is 29.0 Å². The SMILES string of the molecule is O=c1cc2n(Cc3ccc(Cl)nc3)cncc-2s1. The van der Waals surface area contributed by atoms with Gasteiger partial charge in [-0.25, -0.2) is 9.97 Å². The maximum Gasteiger partial charge on any atom is 0.235 e. The molecule has 0 spiro atoms. The van der Waals surface area contributed by atoms with Crippen LogP contribution in [0.1, 0.15) is 5.56 Å². The van der Waals surface area contributed by atoms with Crippen molar-refractivity contribution in [2.24, 2.45) is 0 Å². The maximum atomic E-state index is 11.4. The molecule has 3 heterocycles. The third kappa shape index (κ3) is 2.14. The van der Waals surface area contributed by atoms with Crippen LogP contribution in [0, 0.1) is 0 Å². The van der Waals surface area contributed by atoms with Gasteiger partial charge in [-0.15, -0.1) is 0 Å². The Labute approximate surface area is 112 Å². The fourth-order valence-electron chi connectivity index (χ4n) is 1.76. The second kappa shape index (κ2) is 4.51. The molecule has 2 aliphatic rings. The molecule has 0 aliphatic carbocycles. The van der Waals surface area contributed by atoms with Gasteiger partial charge >= 0.3 is 0 Å². The zero-order valence-electron chi connectivity index (χ0n) is 9.21. The molecule has 0 aromatic carbocycles. The lowest BCUT2D eigenvalue weighted by Gasteiger charge is -2.10. The summed E-state index contributed by atoms with van der Waals surface area (Å²) >= 11 is 6.95. The van der Waals surface area contributed by atoms with E-state index < -0.39 is 0 Å². The van der Waals surface area contributed by atoms with Crippen molar-refractivity contribution in [3.8, 4) is 10.6 Å². The molecule has 4 nitrogen and oxygen atoms in total. The van der Waals surface area contributed by atoms with Crippen molar-refractivity contribution < 1.29 is 0 Å². The van der Waals surface area contributed by atoms with E-state index in [0.29, 0.717) is 11.7 Å². The molecule has 6 heteroatoms. The highest BCUT2D eigenvalue weighted by Gasteiger charge is 2.10. The van der Waals surface area contributed by atoms with Crippen molar-refractivity contribution in [2.45, 2.75) is 6.54 Å². The first-order valence-corrected chi connectivity index (χ1v) is 6.46. The topological polar surface area (TPSA) is 47.8 Å². The van der Waals surface area contributed by atoms with E-state index in [0.717, 1.165) is 16.1 Å². The van der Waals surface area contributed by atoms with Crippen LogP contribution in [-0.2, 0) is 6.54 Å². The van der Waals surface area contributed by atoms with Crippen molar-refractivity contribution in [3.63, 3.8) is 0 Å². The predicted molar refractivity (Wildman–Crippen MR) is 71.3 cm³/mol. The number of rotatable bonds is 2. The van der Waals surface area contributed by atoms with Crippen molar-refractivity contribution in [1.29, 1.82) is 0 Å². The Kier molecular flexibility index (Phi) is 2.85. The van der Waals surface area contributed by atoms with Gasteiger partial charge in [-0.05, 0) is 11.6 Å². The molecule has 0 saturated carbocycles. The molecular formula is C12H8ClN3OS. The summed E-state index contributed by atoms with van der Waals surface area (Å²) in [7, 11) is 0. The minimum absolute atomic E-state index is 0.0426. The van der Waals surface area contributed by atoms with Crippen LogP contribution in [0.4, 0.5) is 0 Å². The van der Waals surface area contributed by atoms with E-state index in [1.807, 2.05) is 10.6 Å². The molecule has 0 amide bonds. The largest absolute Gasteiger partial charge is 0.326 e. The standard InChI is InChI=1S/C12H8ClN3OS/c13-11-2-1-8(4-15-11)6-16-7-14-5-10-9(16)3-12(17)18-10/h1-5,7H,6H2. The quantitative estimate of drug-likeness (QED) is 0.676. The lowest BCUT2D eigenvalue weighted by molar-refractivity contribution is 0.773. The Morgan fingerprint density at radius 1 is 1.33 bits per heavy atom. The molecule has 18 heavy (non-hydrogen) atoms. The summed E-state index contributed by atoms with van der Waals surface area (Å²) in [5, 5.41) is 0.470. The number of thiophene rings is 1. The number of hydrogen-bond acceptors (Lipinski definition) is 4. The minimum Gasteiger partial charge on any atom is -0.326 e. The van der Waals surface area contributed by atoms with Gasteiger partial charge in [0.15, 0.2) is 0 Å². The zero-order valence-corrected chi connectivity index (χ0v) is 10.8. The Balaban J connectivity index is 2.00. The molecule has 1 aromatic heterocycles. The van der Waals surface area contributed by atoms with Crippen LogP contribution in [0.15, 0.2) is 41.7 Å². The molecule has 0 fully saturated rings. The summed E-state index contributed by atoms with van der Waals surface area (Å²) < 4.78 is 1.97. The lowest BCUT2D eigenvalue weighted by atomic mass is 10.2. The Hall–Kier alpha value is -1.72. The summed E-state index contributed by atoms with van der Waals surface area (Å²) in [6.45, 7) is 0.616. The van der Waals surface area contributed by atoms with Crippen molar-refractivity contribution >= 4 is 22.9 Å². The molecule has 3 rings (SSSR count). The van der Waals surface area contributed by atoms with Crippen LogP contribution < -0.4 is 4.74 Å². The summed E-state index contributed by atoms with van der Waals surface area (Å²) in [4.78, 5) is 20.4. The Bertz CT molecular complexity index is 704. The number of hydrogen-bond donors (Lipinski definition) is 0. The summed E-state index contributed by atoms with van der Waals surface area (Å²) in [6.07, 6.45) is 5.14. The average molecular weight is 278 g/mol. The van der Waals surface area contributed by atoms with Gasteiger partial charge in [-0.3, -0.25) is 4.79 Å². The van der Waals surface area contributed by atoms with E-state index in [-0.39, 0.29) is 4.74 Å². The second-order valence-electron chi connectivity index (χ2n) is 3.83. The van der Waals surface area contributed by atoms with Gasteiger partial charge in [0.05, 0.1) is 23.4 Å². The molecule has 0 bridgehead atoms. The zero-order chi connectivity index (χ0) is 12.5. The summed E-state index contributed by atoms with van der Waals surface area (Å²) in [5.41, 5.74) is 1.91. The minimum atomic E-state index is 0.0426. The first-order chi connectivity index (χ1) is 8.72. The number of pyridine rings is 1. The van der Waals surface area contributed by atoms with E-state index in [2.05, 4.69) is 9.97 Å². The number of nitrogens with zero attached hydrogens (tertiary/aromatic N) is 3. The molecule has 0 N–H and O–H groups in total. The van der Waals surface area contributed by atoms with Crippen molar-refractivity contribution in [2.75, 3.05) is 0 Å².